The highest BCUT2D eigenvalue weighted by Crippen LogP contribution is 2.52. The second-order valence-corrected chi connectivity index (χ2v) is 11.6. The highest BCUT2D eigenvalue weighted by Gasteiger charge is 2.47. The van der Waals surface area contributed by atoms with E-state index < -0.39 is 45.4 Å². The van der Waals surface area contributed by atoms with E-state index in [9.17, 15) is 14.2 Å². The maximum absolute atomic E-state index is 13.4. The number of carbonyl (C=O) groups excluding carboxylic acids is 2. The molecule has 0 aromatic carbocycles. The van der Waals surface area contributed by atoms with Crippen LogP contribution in [-0.2, 0) is 43.8 Å². The first kappa shape index (κ1) is 29.6. The molecule has 2 heterocycles. The number of anilines is 1. The van der Waals surface area contributed by atoms with Crippen LogP contribution < -0.4 is 5.73 Å². The van der Waals surface area contributed by atoms with Crippen molar-refractivity contribution in [2.24, 2.45) is 11.8 Å². The number of fused-ring (bicyclic) bond motifs is 1. The fraction of sp³-hybridized carbons (Fsp3) is 0.682. The number of hydrogen-bond donors (Lipinski definition) is 1. The molecule has 212 valence electrons. The molecule has 1 saturated carbocycles. The van der Waals surface area contributed by atoms with Gasteiger partial charge in [0.05, 0.1) is 37.9 Å². The number of ether oxygens (including phenoxy) is 5. The van der Waals surface area contributed by atoms with Gasteiger partial charge in [-0.1, -0.05) is 27.7 Å². The molecule has 1 fully saturated rings. The van der Waals surface area contributed by atoms with Crippen LogP contribution in [0.1, 0.15) is 40.5 Å². The minimum Gasteiger partial charge on any atom is -0.434 e. The molecule has 0 unspecified atom stereocenters. The van der Waals surface area contributed by atoms with E-state index in [2.05, 4.69) is 15.0 Å². The van der Waals surface area contributed by atoms with Gasteiger partial charge in [0.2, 0.25) is 19.5 Å². The maximum Gasteiger partial charge on any atom is 0.510 e. The molecule has 16 heteroatoms. The number of hydrogen-bond acceptors (Lipinski definition) is 14. The van der Waals surface area contributed by atoms with Crippen LogP contribution in [0.25, 0.3) is 11.2 Å². The molecule has 38 heavy (non-hydrogen) atoms. The average molecular weight is 560 g/mol. The van der Waals surface area contributed by atoms with Crippen LogP contribution >= 0.6 is 7.60 Å². The lowest BCUT2D eigenvalue weighted by Gasteiger charge is -2.22. The molecule has 0 aliphatic heterocycles. The number of nitrogen functional groups attached to an aromatic ring is 1. The molecule has 0 spiro atoms. The van der Waals surface area contributed by atoms with E-state index in [0.29, 0.717) is 30.6 Å². The summed E-state index contributed by atoms with van der Waals surface area (Å²) in [5.74, 6) is 0.309. The van der Waals surface area contributed by atoms with Gasteiger partial charge in [0.15, 0.2) is 5.65 Å². The first-order chi connectivity index (χ1) is 18.0. The Morgan fingerprint density at radius 1 is 1.00 bits per heavy atom. The van der Waals surface area contributed by atoms with E-state index >= 15 is 0 Å². The molecule has 0 amide bonds. The molecule has 1 aliphatic rings. The van der Waals surface area contributed by atoms with Gasteiger partial charge >= 0.3 is 19.9 Å². The molecule has 0 radical (unpaired) electrons. The minimum absolute atomic E-state index is 0.101. The zero-order valence-corrected chi connectivity index (χ0v) is 22.8. The fourth-order valence-corrected chi connectivity index (χ4v) is 4.05. The van der Waals surface area contributed by atoms with E-state index in [1.165, 1.54) is 6.20 Å². The van der Waals surface area contributed by atoms with Crippen molar-refractivity contribution in [1.82, 2.24) is 19.5 Å². The van der Waals surface area contributed by atoms with Gasteiger partial charge in [0.1, 0.15) is 11.9 Å². The largest absolute Gasteiger partial charge is 0.510 e. The van der Waals surface area contributed by atoms with Gasteiger partial charge in [-0.15, -0.1) is 0 Å². The Labute approximate surface area is 219 Å². The lowest BCUT2D eigenvalue weighted by Crippen LogP contribution is -2.24. The van der Waals surface area contributed by atoms with Gasteiger partial charge in [0.25, 0.3) is 0 Å². The van der Waals surface area contributed by atoms with Crippen LogP contribution in [0.5, 0.6) is 0 Å². The van der Waals surface area contributed by atoms with Crippen molar-refractivity contribution in [3.8, 4) is 0 Å². The topological polar surface area (TPSA) is 185 Å². The highest BCUT2D eigenvalue weighted by molar-refractivity contribution is 7.53. The van der Waals surface area contributed by atoms with Crippen molar-refractivity contribution < 1.29 is 46.9 Å². The molecule has 2 N–H and O–H groups in total. The highest BCUT2D eigenvalue weighted by atomic mass is 31.2. The third kappa shape index (κ3) is 9.39. The minimum atomic E-state index is -4.07. The number of carbonyl (C=O) groups is 2. The SMILES string of the molecule is CC(C)COC(=O)OCOP(=O)(COC1(Cn2cnc3cnc(N)nc32)CC1)OCOC(=O)OCC(C)C. The van der Waals surface area contributed by atoms with Gasteiger partial charge in [-0.25, -0.2) is 19.6 Å². The van der Waals surface area contributed by atoms with Crippen LogP contribution in [0.3, 0.4) is 0 Å². The molecular formula is C22H34N5O10P. The van der Waals surface area contributed by atoms with Crippen molar-refractivity contribution in [2.75, 3.05) is 38.9 Å². The molecule has 2 aromatic rings. The van der Waals surface area contributed by atoms with Crippen LogP contribution in [0.2, 0.25) is 0 Å². The van der Waals surface area contributed by atoms with Gasteiger partial charge in [-0.05, 0) is 24.7 Å². The summed E-state index contributed by atoms with van der Waals surface area (Å²) in [7, 11) is -4.07. The fourth-order valence-electron chi connectivity index (χ4n) is 2.97. The number of nitrogens with zero attached hydrogens (tertiary/aromatic N) is 4. The molecule has 2 aromatic heterocycles. The lowest BCUT2D eigenvalue weighted by molar-refractivity contribution is -0.0347. The van der Waals surface area contributed by atoms with E-state index in [0.717, 1.165) is 0 Å². The van der Waals surface area contributed by atoms with Crippen molar-refractivity contribution in [3.05, 3.63) is 12.5 Å². The molecular weight excluding hydrogens is 525 g/mol. The first-order valence-corrected chi connectivity index (χ1v) is 13.8. The first-order valence-electron chi connectivity index (χ1n) is 12.0. The third-order valence-electron chi connectivity index (χ3n) is 5.09. The summed E-state index contributed by atoms with van der Waals surface area (Å²) in [6, 6.07) is 0. The van der Waals surface area contributed by atoms with Gasteiger partial charge < -0.3 is 34.0 Å². The van der Waals surface area contributed by atoms with Crippen molar-refractivity contribution in [2.45, 2.75) is 52.7 Å². The van der Waals surface area contributed by atoms with Crippen molar-refractivity contribution >= 4 is 37.0 Å². The number of rotatable bonds is 15. The molecule has 1 aliphatic carbocycles. The average Bonchev–Trinajstić information content (AvgIpc) is 3.52. The lowest BCUT2D eigenvalue weighted by atomic mass is 10.2. The number of aromatic nitrogens is 4. The van der Waals surface area contributed by atoms with E-state index in [4.69, 9.17) is 38.5 Å². The Morgan fingerprint density at radius 3 is 2.11 bits per heavy atom. The second-order valence-electron chi connectivity index (χ2n) is 9.57. The summed E-state index contributed by atoms with van der Waals surface area (Å²) in [5.41, 5.74) is 6.10. The monoisotopic (exact) mass is 559 g/mol. The standard InChI is InChI=1S/C22H34N5O10P/c1-15(2)8-31-20(28)33-12-36-38(30,37-13-34-21(29)32-9-16(3)4)14-35-22(5-6-22)10-27-11-25-17-7-24-19(23)26-18(17)27/h7,11,15-16H,5-6,8-10,12-14H2,1-4H3,(H2,23,24,26). The molecule has 15 nitrogen and oxygen atoms in total. The summed E-state index contributed by atoms with van der Waals surface area (Å²) < 4.78 is 50.9. The normalized spacial score (nSPS) is 14.6. The maximum atomic E-state index is 13.4. The summed E-state index contributed by atoms with van der Waals surface area (Å²) in [5, 5.41) is 0. The molecule has 0 atom stereocenters. The Bertz CT molecular complexity index is 1100. The second kappa shape index (κ2) is 13.2. The zero-order valence-electron chi connectivity index (χ0n) is 21.9. The molecule has 0 saturated heterocycles. The van der Waals surface area contributed by atoms with Crippen molar-refractivity contribution in [3.63, 3.8) is 0 Å². The third-order valence-corrected chi connectivity index (χ3v) is 6.54. The molecule has 0 bridgehead atoms. The van der Waals surface area contributed by atoms with E-state index in [-0.39, 0.29) is 31.0 Å². The molecule has 3 rings (SSSR count). The predicted octanol–water partition coefficient (Wildman–Crippen LogP) is 3.67. The van der Waals surface area contributed by atoms with Crippen LogP contribution in [0.15, 0.2) is 12.5 Å². The van der Waals surface area contributed by atoms with Crippen LogP contribution in [0, 0.1) is 11.8 Å². The Hall–Kier alpha value is -3.00. The number of imidazole rings is 1. The van der Waals surface area contributed by atoms with E-state index in [1.807, 2.05) is 27.7 Å². The summed E-state index contributed by atoms with van der Waals surface area (Å²) in [6.45, 7) is 6.60. The van der Waals surface area contributed by atoms with Crippen LogP contribution in [0.4, 0.5) is 15.5 Å². The van der Waals surface area contributed by atoms with E-state index in [1.54, 1.807) is 10.9 Å². The summed E-state index contributed by atoms with van der Waals surface area (Å²) in [6.07, 6.45) is 1.92. The predicted molar refractivity (Wildman–Crippen MR) is 132 cm³/mol. The Balaban J connectivity index is 1.58. The Kier molecular flexibility index (Phi) is 10.3. The smallest absolute Gasteiger partial charge is 0.434 e. The summed E-state index contributed by atoms with van der Waals surface area (Å²) >= 11 is 0. The Morgan fingerprint density at radius 2 is 1.58 bits per heavy atom. The van der Waals surface area contributed by atoms with Gasteiger partial charge in [-0.2, -0.15) is 4.98 Å². The zero-order chi connectivity index (χ0) is 27.8. The van der Waals surface area contributed by atoms with Crippen molar-refractivity contribution in [1.29, 1.82) is 0 Å². The van der Waals surface area contributed by atoms with Gasteiger partial charge in [-0.3, -0.25) is 13.6 Å². The quantitative estimate of drug-likeness (QED) is 0.189. The van der Waals surface area contributed by atoms with Gasteiger partial charge in [0, 0.05) is 0 Å². The summed E-state index contributed by atoms with van der Waals surface area (Å²) in [4.78, 5) is 35.8. The van der Waals surface area contributed by atoms with Crippen LogP contribution in [-0.4, -0.2) is 70.6 Å². The number of nitrogens with two attached hydrogens (primary N) is 1.